The predicted molar refractivity (Wildman–Crippen MR) is 78.3 cm³/mol. The molecule has 0 aliphatic carbocycles. The Morgan fingerprint density at radius 3 is 2.67 bits per heavy atom. The van der Waals surface area contributed by atoms with Crippen molar-refractivity contribution in [3.63, 3.8) is 0 Å². The van der Waals surface area contributed by atoms with Gasteiger partial charge < -0.3 is 14.5 Å². The van der Waals surface area contributed by atoms with Crippen LogP contribution in [0.25, 0.3) is 0 Å². The lowest BCUT2D eigenvalue weighted by Gasteiger charge is -2.33. The van der Waals surface area contributed by atoms with Crippen molar-refractivity contribution in [2.45, 2.75) is 38.8 Å². The monoisotopic (exact) mass is 296 g/mol. The summed E-state index contributed by atoms with van der Waals surface area (Å²) >= 11 is 0. The number of esters is 1. The van der Waals surface area contributed by atoms with Crippen LogP contribution in [0, 0.1) is 5.92 Å². The van der Waals surface area contributed by atoms with E-state index in [2.05, 4.69) is 6.58 Å². The van der Waals surface area contributed by atoms with E-state index < -0.39 is 18.1 Å². The fourth-order valence-corrected chi connectivity index (χ4v) is 2.68. The number of likely N-dealkylation sites (tertiary alicyclic amines) is 1. The number of carbonyl (C=O) groups excluding carboxylic acids is 3. The van der Waals surface area contributed by atoms with E-state index in [0.29, 0.717) is 19.4 Å². The molecular formula is C15H24N2O4. The summed E-state index contributed by atoms with van der Waals surface area (Å²) in [6.07, 6.45) is 3.49. The molecule has 0 spiro atoms. The van der Waals surface area contributed by atoms with Crippen molar-refractivity contribution in [2.24, 2.45) is 5.92 Å². The van der Waals surface area contributed by atoms with Crippen LogP contribution in [0.3, 0.4) is 0 Å². The third kappa shape index (κ3) is 4.06. The highest BCUT2D eigenvalue weighted by molar-refractivity contribution is 5.89. The average Bonchev–Trinajstić information content (AvgIpc) is 2.93. The van der Waals surface area contributed by atoms with E-state index in [4.69, 9.17) is 4.74 Å². The minimum atomic E-state index is -0.560. The van der Waals surface area contributed by atoms with Gasteiger partial charge in [0.2, 0.25) is 12.3 Å². The second-order valence-corrected chi connectivity index (χ2v) is 5.57. The van der Waals surface area contributed by atoms with Gasteiger partial charge in [-0.25, -0.2) is 4.79 Å². The van der Waals surface area contributed by atoms with Gasteiger partial charge in [0.1, 0.15) is 18.7 Å². The molecule has 0 radical (unpaired) electrons. The zero-order chi connectivity index (χ0) is 16.0. The number of rotatable bonds is 7. The second-order valence-electron chi connectivity index (χ2n) is 5.57. The molecule has 2 amide bonds. The van der Waals surface area contributed by atoms with Crippen LogP contribution in [0.4, 0.5) is 0 Å². The maximum atomic E-state index is 12.7. The van der Waals surface area contributed by atoms with Crippen LogP contribution in [0.5, 0.6) is 0 Å². The molecule has 0 N–H and O–H groups in total. The number of hydrogen-bond donors (Lipinski definition) is 0. The lowest BCUT2D eigenvalue weighted by Crippen LogP contribution is -2.52. The van der Waals surface area contributed by atoms with Crippen molar-refractivity contribution in [3.05, 3.63) is 12.7 Å². The van der Waals surface area contributed by atoms with Crippen LogP contribution in [0.15, 0.2) is 12.7 Å². The summed E-state index contributed by atoms with van der Waals surface area (Å²) in [4.78, 5) is 38.6. The highest BCUT2D eigenvalue weighted by Gasteiger charge is 2.39. The minimum absolute atomic E-state index is 0.0295. The van der Waals surface area contributed by atoms with Crippen LogP contribution >= 0.6 is 0 Å². The third-order valence-electron chi connectivity index (χ3n) is 3.64. The van der Waals surface area contributed by atoms with Crippen molar-refractivity contribution in [2.75, 3.05) is 20.2 Å². The van der Waals surface area contributed by atoms with Crippen molar-refractivity contribution < 1.29 is 19.1 Å². The molecule has 0 bridgehead atoms. The quantitative estimate of drug-likeness (QED) is 0.396. The van der Waals surface area contributed by atoms with Gasteiger partial charge in [-0.2, -0.15) is 0 Å². The maximum Gasteiger partial charge on any atom is 0.329 e. The maximum absolute atomic E-state index is 12.7. The molecule has 1 saturated heterocycles. The SMILES string of the molecule is C=CCOC(=O)[C@@H]1CCCN1C(=O)[C@H](C(C)C)N(C)C=O. The average molecular weight is 296 g/mol. The molecule has 6 heteroatoms. The van der Waals surface area contributed by atoms with Gasteiger partial charge in [0, 0.05) is 13.6 Å². The number of carbonyl (C=O) groups is 3. The van der Waals surface area contributed by atoms with Crippen LogP contribution in [-0.4, -0.2) is 60.4 Å². The van der Waals surface area contributed by atoms with E-state index in [-0.39, 0.29) is 18.4 Å². The normalized spacial score (nSPS) is 19.2. The van der Waals surface area contributed by atoms with E-state index in [1.54, 1.807) is 7.05 Å². The first-order chi connectivity index (χ1) is 9.93. The third-order valence-corrected chi connectivity index (χ3v) is 3.64. The molecule has 0 saturated carbocycles. The Morgan fingerprint density at radius 2 is 2.14 bits per heavy atom. The highest BCUT2D eigenvalue weighted by atomic mass is 16.5. The summed E-state index contributed by atoms with van der Waals surface area (Å²) in [5.74, 6) is -0.632. The lowest BCUT2D eigenvalue weighted by atomic mass is 10.0. The number of hydrogen-bond acceptors (Lipinski definition) is 4. The summed E-state index contributed by atoms with van der Waals surface area (Å²) in [7, 11) is 1.58. The second kappa shape index (κ2) is 7.81. The van der Waals surface area contributed by atoms with Crippen LogP contribution in [0.2, 0.25) is 0 Å². The van der Waals surface area contributed by atoms with Gasteiger partial charge in [0.25, 0.3) is 0 Å². The van der Waals surface area contributed by atoms with Crippen LogP contribution < -0.4 is 0 Å². The van der Waals surface area contributed by atoms with E-state index in [1.807, 2.05) is 13.8 Å². The smallest absolute Gasteiger partial charge is 0.329 e. The first-order valence-corrected chi connectivity index (χ1v) is 7.19. The van der Waals surface area contributed by atoms with Gasteiger partial charge in [-0.3, -0.25) is 9.59 Å². The summed E-state index contributed by atoms with van der Waals surface area (Å²) in [5, 5.41) is 0. The molecule has 21 heavy (non-hydrogen) atoms. The molecule has 118 valence electrons. The number of likely N-dealkylation sites (N-methyl/N-ethyl adjacent to an activating group) is 1. The Balaban J connectivity index is 2.85. The molecule has 2 atom stereocenters. The van der Waals surface area contributed by atoms with Crippen LogP contribution in [0.1, 0.15) is 26.7 Å². The van der Waals surface area contributed by atoms with Crippen molar-refractivity contribution in [1.82, 2.24) is 9.80 Å². The zero-order valence-corrected chi connectivity index (χ0v) is 12.9. The molecular weight excluding hydrogens is 272 g/mol. The van der Waals surface area contributed by atoms with Crippen molar-refractivity contribution in [3.8, 4) is 0 Å². The van der Waals surface area contributed by atoms with Gasteiger partial charge in [-0.15, -0.1) is 0 Å². The molecule has 1 aliphatic heterocycles. The molecule has 1 rings (SSSR count). The Hall–Kier alpha value is -1.85. The topological polar surface area (TPSA) is 66.9 Å². The minimum Gasteiger partial charge on any atom is -0.460 e. The standard InChI is InChI=1S/C15H24N2O4/c1-5-9-21-15(20)12-7-6-8-17(12)14(19)13(11(2)3)16(4)10-18/h5,10-13H,1,6-9H2,2-4H3/t12-,13-/m0/s1. The fraction of sp³-hybridized carbons (Fsp3) is 0.667. The lowest BCUT2D eigenvalue weighted by molar-refractivity contribution is -0.155. The fourth-order valence-electron chi connectivity index (χ4n) is 2.68. The predicted octanol–water partition coefficient (Wildman–Crippen LogP) is 0.819. The molecule has 6 nitrogen and oxygen atoms in total. The molecule has 1 fully saturated rings. The molecule has 1 aliphatic rings. The van der Waals surface area contributed by atoms with E-state index in [9.17, 15) is 14.4 Å². The zero-order valence-electron chi connectivity index (χ0n) is 12.9. The van der Waals surface area contributed by atoms with Gasteiger partial charge in [0.15, 0.2) is 0 Å². The number of amides is 2. The Labute approximate surface area is 125 Å². The van der Waals surface area contributed by atoms with E-state index >= 15 is 0 Å². The van der Waals surface area contributed by atoms with Crippen LogP contribution in [-0.2, 0) is 19.1 Å². The molecule has 0 unspecified atom stereocenters. The summed E-state index contributed by atoms with van der Waals surface area (Å²) < 4.78 is 5.05. The molecule has 0 aromatic heterocycles. The highest BCUT2D eigenvalue weighted by Crippen LogP contribution is 2.22. The first-order valence-electron chi connectivity index (χ1n) is 7.19. The first kappa shape index (κ1) is 17.2. The van der Waals surface area contributed by atoms with Crippen molar-refractivity contribution >= 4 is 18.3 Å². The van der Waals surface area contributed by atoms with Gasteiger partial charge in [0.05, 0.1) is 0 Å². The Bertz CT molecular complexity index is 408. The molecule has 0 aromatic carbocycles. The summed E-state index contributed by atoms with van der Waals surface area (Å²) in [6.45, 7) is 7.91. The molecule has 0 aromatic rings. The largest absolute Gasteiger partial charge is 0.460 e. The number of nitrogens with zero attached hydrogens (tertiary/aromatic N) is 2. The van der Waals surface area contributed by atoms with Gasteiger partial charge >= 0.3 is 5.97 Å². The summed E-state index contributed by atoms with van der Waals surface area (Å²) in [6, 6.07) is -1.12. The number of ether oxygens (including phenoxy) is 1. The van der Waals surface area contributed by atoms with Gasteiger partial charge in [-0.05, 0) is 18.8 Å². The van der Waals surface area contributed by atoms with E-state index in [0.717, 1.165) is 6.42 Å². The summed E-state index contributed by atoms with van der Waals surface area (Å²) in [5.41, 5.74) is 0. The van der Waals surface area contributed by atoms with Crippen molar-refractivity contribution in [1.29, 1.82) is 0 Å². The Kier molecular flexibility index (Phi) is 6.39. The van der Waals surface area contributed by atoms with E-state index in [1.165, 1.54) is 15.9 Å². The molecule has 1 heterocycles. The van der Waals surface area contributed by atoms with Gasteiger partial charge in [-0.1, -0.05) is 26.5 Å². The Morgan fingerprint density at radius 1 is 1.48 bits per heavy atom.